The molecular formula is C18H18BrNO2. The number of hydrogen-bond donors (Lipinski definition) is 0. The fourth-order valence-corrected chi connectivity index (χ4v) is 3.25. The molecule has 0 atom stereocenters. The summed E-state index contributed by atoms with van der Waals surface area (Å²) in [6.07, 6.45) is 2.18. The van der Waals surface area contributed by atoms with Crippen molar-refractivity contribution in [1.29, 1.82) is 0 Å². The number of carbonyl (C=O) groups excluding carboxylic acids is 1. The molecule has 0 radical (unpaired) electrons. The van der Waals surface area contributed by atoms with Crippen molar-refractivity contribution in [2.75, 3.05) is 18.6 Å². The Morgan fingerprint density at radius 3 is 2.95 bits per heavy atom. The molecule has 0 N–H and O–H groups in total. The van der Waals surface area contributed by atoms with Crippen molar-refractivity contribution in [1.82, 2.24) is 0 Å². The summed E-state index contributed by atoms with van der Waals surface area (Å²) in [7, 11) is 1.66. The number of amides is 1. The molecule has 4 heteroatoms. The van der Waals surface area contributed by atoms with Crippen LogP contribution in [0, 0.1) is 0 Å². The van der Waals surface area contributed by atoms with Gasteiger partial charge in [-0.1, -0.05) is 28.1 Å². The fraction of sp³-hybridized carbons (Fsp3) is 0.278. The third-order valence-electron chi connectivity index (χ3n) is 4.00. The van der Waals surface area contributed by atoms with Crippen molar-refractivity contribution in [3.05, 3.63) is 58.1 Å². The van der Waals surface area contributed by atoms with Crippen LogP contribution in [0.15, 0.2) is 46.9 Å². The zero-order valence-electron chi connectivity index (χ0n) is 12.5. The van der Waals surface area contributed by atoms with E-state index in [0.717, 1.165) is 40.9 Å². The smallest absolute Gasteiger partial charge is 0.227 e. The van der Waals surface area contributed by atoms with Crippen molar-refractivity contribution >= 4 is 27.5 Å². The summed E-state index contributed by atoms with van der Waals surface area (Å²) in [4.78, 5) is 14.4. The quantitative estimate of drug-likeness (QED) is 0.826. The SMILES string of the molecule is COc1cccc(CCC(=O)N2CCc3cc(Br)ccc32)c1. The molecule has 0 bridgehead atoms. The minimum atomic E-state index is 0.184. The average molecular weight is 360 g/mol. The van der Waals surface area contributed by atoms with Crippen molar-refractivity contribution < 1.29 is 9.53 Å². The first-order valence-corrected chi connectivity index (χ1v) is 8.18. The number of ether oxygens (including phenoxy) is 1. The van der Waals surface area contributed by atoms with Crippen LogP contribution in [0.2, 0.25) is 0 Å². The molecule has 1 amide bonds. The Hall–Kier alpha value is -1.81. The van der Waals surface area contributed by atoms with Crippen molar-refractivity contribution in [3.8, 4) is 5.75 Å². The molecule has 0 aromatic heterocycles. The van der Waals surface area contributed by atoms with Crippen LogP contribution in [0.25, 0.3) is 0 Å². The number of carbonyl (C=O) groups is 1. The molecule has 0 spiro atoms. The molecule has 114 valence electrons. The monoisotopic (exact) mass is 359 g/mol. The van der Waals surface area contributed by atoms with E-state index in [1.54, 1.807) is 7.11 Å². The van der Waals surface area contributed by atoms with E-state index < -0.39 is 0 Å². The van der Waals surface area contributed by atoms with Gasteiger partial charge in [-0.3, -0.25) is 4.79 Å². The molecule has 1 heterocycles. The largest absolute Gasteiger partial charge is 0.497 e. The fourth-order valence-electron chi connectivity index (χ4n) is 2.84. The number of halogens is 1. The van der Waals surface area contributed by atoms with Gasteiger partial charge in [0, 0.05) is 23.1 Å². The molecule has 2 aromatic carbocycles. The van der Waals surface area contributed by atoms with Crippen molar-refractivity contribution in [2.24, 2.45) is 0 Å². The lowest BCUT2D eigenvalue weighted by Gasteiger charge is -2.17. The number of fused-ring (bicyclic) bond motifs is 1. The molecule has 2 aromatic rings. The van der Waals surface area contributed by atoms with Gasteiger partial charge in [0.1, 0.15) is 5.75 Å². The average Bonchev–Trinajstić information content (AvgIpc) is 2.95. The van der Waals surface area contributed by atoms with Crippen LogP contribution in [-0.2, 0) is 17.6 Å². The predicted molar refractivity (Wildman–Crippen MR) is 91.5 cm³/mol. The van der Waals surface area contributed by atoms with Gasteiger partial charge in [-0.15, -0.1) is 0 Å². The van der Waals surface area contributed by atoms with Crippen LogP contribution >= 0.6 is 15.9 Å². The number of methoxy groups -OCH3 is 1. The standard InChI is InChI=1S/C18H18BrNO2/c1-22-16-4-2-3-13(11-16)5-8-18(21)20-10-9-14-12-15(19)6-7-17(14)20/h2-4,6-7,11-12H,5,8-10H2,1H3. The Labute approximate surface area is 139 Å². The Bertz CT molecular complexity index is 699. The highest BCUT2D eigenvalue weighted by molar-refractivity contribution is 9.10. The maximum atomic E-state index is 12.5. The summed E-state index contributed by atoms with van der Waals surface area (Å²) >= 11 is 3.48. The lowest BCUT2D eigenvalue weighted by atomic mass is 10.1. The van der Waals surface area contributed by atoms with Crippen molar-refractivity contribution in [3.63, 3.8) is 0 Å². The Morgan fingerprint density at radius 2 is 2.14 bits per heavy atom. The van der Waals surface area contributed by atoms with E-state index >= 15 is 0 Å². The zero-order chi connectivity index (χ0) is 15.5. The number of rotatable bonds is 4. The molecule has 0 aliphatic carbocycles. The van der Waals surface area contributed by atoms with E-state index in [2.05, 4.69) is 22.0 Å². The highest BCUT2D eigenvalue weighted by atomic mass is 79.9. The molecule has 0 saturated heterocycles. The molecule has 0 unspecified atom stereocenters. The van der Waals surface area contributed by atoms with E-state index in [1.165, 1.54) is 5.56 Å². The van der Waals surface area contributed by atoms with Crippen LogP contribution in [0.5, 0.6) is 5.75 Å². The summed E-state index contributed by atoms with van der Waals surface area (Å²) in [5.74, 6) is 1.02. The van der Waals surface area contributed by atoms with E-state index in [9.17, 15) is 4.79 Å². The Balaban J connectivity index is 1.66. The first-order chi connectivity index (χ1) is 10.7. The zero-order valence-corrected chi connectivity index (χ0v) is 14.1. The molecule has 0 saturated carbocycles. The van der Waals surface area contributed by atoms with Crippen molar-refractivity contribution in [2.45, 2.75) is 19.3 Å². The van der Waals surface area contributed by atoms with Crippen LogP contribution in [-0.4, -0.2) is 19.6 Å². The van der Waals surface area contributed by atoms with E-state index in [-0.39, 0.29) is 5.91 Å². The minimum Gasteiger partial charge on any atom is -0.497 e. The molecule has 0 fully saturated rings. The number of aryl methyl sites for hydroxylation is 1. The van der Waals surface area contributed by atoms with Gasteiger partial charge in [0.05, 0.1) is 7.11 Å². The molecule has 3 rings (SSSR count). The number of anilines is 1. The Morgan fingerprint density at radius 1 is 1.27 bits per heavy atom. The second kappa shape index (κ2) is 6.53. The lowest BCUT2D eigenvalue weighted by Crippen LogP contribution is -2.29. The topological polar surface area (TPSA) is 29.5 Å². The summed E-state index contributed by atoms with van der Waals surface area (Å²) in [5.41, 5.74) is 3.42. The van der Waals surface area contributed by atoms with Gasteiger partial charge >= 0.3 is 0 Å². The second-order valence-electron chi connectivity index (χ2n) is 5.42. The van der Waals surface area contributed by atoms with Gasteiger partial charge < -0.3 is 9.64 Å². The molecular weight excluding hydrogens is 342 g/mol. The van der Waals surface area contributed by atoms with Gasteiger partial charge in [-0.05, 0) is 54.3 Å². The van der Waals surface area contributed by atoms with Gasteiger partial charge in [-0.2, -0.15) is 0 Å². The highest BCUT2D eigenvalue weighted by Crippen LogP contribution is 2.31. The maximum Gasteiger partial charge on any atom is 0.227 e. The van der Waals surface area contributed by atoms with Crippen LogP contribution in [0.4, 0.5) is 5.69 Å². The molecule has 3 nitrogen and oxygen atoms in total. The van der Waals surface area contributed by atoms with Crippen LogP contribution < -0.4 is 9.64 Å². The summed E-state index contributed by atoms with van der Waals surface area (Å²) in [5, 5.41) is 0. The van der Waals surface area contributed by atoms with Gasteiger partial charge in [0.15, 0.2) is 0 Å². The summed E-state index contributed by atoms with van der Waals surface area (Å²) in [6, 6.07) is 14.0. The molecule has 1 aliphatic heterocycles. The first kappa shape index (κ1) is 15.1. The highest BCUT2D eigenvalue weighted by Gasteiger charge is 2.24. The van der Waals surface area contributed by atoms with Crippen LogP contribution in [0.3, 0.4) is 0 Å². The van der Waals surface area contributed by atoms with Crippen LogP contribution in [0.1, 0.15) is 17.5 Å². The van der Waals surface area contributed by atoms with Gasteiger partial charge in [0.2, 0.25) is 5.91 Å². The Kier molecular flexibility index (Phi) is 4.48. The lowest BCUT2D eigenvalue weighted by molar-refractivity contribution is -0.118. The summed E-state index contributed by atoms with van der Waals surface area (Å²) < 4.78 is 6.29. The second-order valence-corrected chi connectivity index (χ2v) is 6.34. The summed E-state index contributed by atoms with van der Waals surface area (Å²) in [6.45, 7) is 0.780. The predicted octanol–water partition coefficient (Wildman–Crippen LogP) is 3.98. The van der Waals surface area contributed by atoms with Gasteiger partial charge in [-0.25, -0.2) is 0 Å². The van der Waals surface area contributed by atoms with Gasteiger partial charge in [0.25, 0.3) is 0 Å². The third kappa shape index (κ3) is 3.17. The number of benzene rings is 2. The van der Waals surface area contributed by atoms with E-state index in [0.29, 0.717) is 6.42 Å². The van der Waals surface area contributed by atoms with E-state index in [4.69, 9.17) is 4.74 Å². The number of nitrogens with zero attached hydrogens (tertiary/aromatic N) is 1. The first-order valence-electron chi connectivity index (χ1n) is 7.39. The van der Waals surface area contributed by atoms with E-state index in [1.807, 2.05) is 41.3 Å². The number of hydrogen-bond acceptors (Lipinski definition) is 2. The normalized spacial score (nSPS) is 13.1. The molecule has 22 heavy (non-hydrogen) atoms. The minimum absolute atomic E-state index is 0.184. The maximum absolute atomic E-state index is 12.5. The molecule has 1 aliphatic rings. The third-order valence-corrected chi connectivity index (χ3v) is 4.49.